The normalized spacial score (nSPS) is 11.6. The number of nitrogens with zero attached hydrogens (tertiary/aromatic N) is 2. The van der Waals surface area contributed by atoms with Gasteiger partial charge in [0.15, 0.2) is 0 Å². The van der Waals surface area contributed by atoms with Crippen LogP contribution in [0.15, 0.2) is 30.6 Å². The number of rotatable bonds is 2. The van der Waals surface area contributed by atoms with Crippen LogP contribution in [0.4, 0.5) is 18.9 Å². The van der Waals surface area contributed by atoms with E-state index < -0.39 is 11.7 Å². The van der Waals surface area contributed by atoms with E-state index in [1.807, 2.05) is 0 Å². The number of anilines is 1. The molecule has 0 radical (unpaired) electrons. The molecular weight excluding hydrogens is 247 g/mol. The minimum atomic E-state index is -4.42. The molecule has 18 heavy (non-hydrogen) atoms. The van der Waals surface area contributed by atoms with Gasteiger partial charge in [0.1, 0.15) is 5.75 Å². The maximum absolute atomic E-state index is 12.4. The van der Waals surface area contributed by atoms with Crippen molar-refractivity contribution in [3.05, 3.63) is 36.2 Å². The third-order valence-corrected chi connectivity index (χ3v) is 2.39. The lowest BCUT2D eigenvalue weighted by Gasteiger charge is -2.07. The van der Waals surface area contributed by atoms with Gasteiger partial charge in [-0.2, -0.15) is 18.3 Å². The van der Waals surface area contributed by atoms with Crippen LogP contribution >= 0.6 is 0 Å². The quantitative estimate of drug-likeness (QED) is 0.841. The molecule has 0 saturated carbocycles. The van der Waals surface area contributed by atoms with Crippen molar-refractivity contribution in [2.45, 2.75) is 6.18 Å². The van der Waals surface area contributed by atoms with Gasteiger partial charge in [-0.3, -0.25) is 0 Å². The summed E-state index contributed by atoms with van der Waals surface area (Å²) in [5.74, 6) is 0.527. The second kappa shape index (κ2) is 4.25. The summed E-state index contributed by atoms with van der Waals surface area (Å²) in [4.78, 5) is 0. The SMILES string of the molecule is COc1ccc(-n2cc(C(F)(F)F)cn2)c(N)c1. The van der Waals surface area contributed by atoms with Gasteiger partial charge in [-0.25, -0.2) is 4.68 Å². The summed E-state index contributed by atoms with van der Waals surface area (Å²) in [5.41, 5.74) is 5.55. The largest absolute Gasteiger partial charge is 0.497 e. The molecule has 4 nitrogen and oxygen atoms in total. The van der Waals surface area contributed by atoms with Gasteiger partial charge < -0.3 is 10.5 Å². The van der Waals surface area contributed by atoms with Gasteiger partial charge in [-0.05, 0) is 12.1 Å². The van der Waals surface area contributed by atoms with Gasteiger partial charge in [0, 0.05) is 12.3 Å². The maximum Gasteiger partial charge on any atom is 0.419 e. The lowest BCUT2D eigenvalue weighted by atomic mass is 10.2. The zero-order chi connectivity index (χ0) is 13.3. The molecule has 1 heterocycles. The van der Waals surface area contributed by atoms with E-state index in [-0.39, 0.29) is 5.69 Å². The molecule has 2 rings (SSSR count). The average Bonchev–Trinajstić information content (AvgIpc) is 2.77. The standard InChI is InChI=1S/C11H10F3N3O/c1-18-8-2-3-10(9(15)4-8)17-6-7(5-16-17)11(12,13)14/h2-6H,15H2,1H3. The highest BCUT2D eigenvalue weighted by Gasteiger charge is 2.32. The average molecular weight is 257 g/mol. The first-order chi connectivity index (χ1) is 8.41. The van der Waals surface area contributed by atoms with Gasteiger partial charge in [-0.15, -0.1) is 0 Å². The second-order valence-electron chi connectivity index (χ2n) is 3.60. The van der Waals surface area contributed by atoms with Gasteiger partial charge in [0.2, 0.25) is 0 Å². The fourth-order valence-electron chi connectivity index (χ4n) is 1.47. The van der Waals surface area contributed by atoms with Crippen molar-refractivity contribution in [3.8, 4) is 11.4 Å². The summed E-state index contributed by atoms with van der Waals surface area (Å²) >= 11 is 0. The van der Waals surface area contributed by atoms with Crippen molar-refractivity contribution >= 4 is 5.69 Å². The van der Waals surface area contributed by atoms with Crippen molar-refractivity contribution in [3.63, 3.8) is 0 Å². The van der Waals surface area contributed by atoms with Crippen molar-refractivity contribution < 1.29 is 17.9 Å². The fraction of sp³-hybridized carbons (Fsp3) is 0.182. The molecule has 2 N–H and O–H groups in total. The van der Waals surface area contributed by atoms with E-state index in [0.717, 1.165) is 17.1 Å². The summed E-state index contributed by atoms with van der Waals surface area (Å²) in [7, 11) is 1.48. The Balaban J connectivity index is 2.40. The molecule has 0 spiro atoms. The molecule has 0 bridgehead atoms. The van der Waals surface area contributed by atoms with Crippen LogP contribution in [0.25, 0.3) is 5.69 Å². The van der Waals surface area contributed by atoms with Crippen LogP contribution in [-0.2, 0) is 6.18 Å². The Labute approximate surface area is 101 Å². The van der Waals surface area contributed by atoms with Crippen molar-refractivity contribution in [2.24, 2.45) is 0 Å². The highest BCUT2D eigenvalue weighted by atomic mass is 19.4. The number of hydrogen-bond acceptors (Lipinski definition) is 3. The first kappa shape index (κ1) is 12.3. The van der Waals surface area contributed by atoms with Crippen LogP contribution in [-0.4, -0.2) is 16.9 Å². The van der Waals surface area contributed by atoms with Crippen molar-refractivity contribution in [1.82, 2.24) is 9.78 Å². The Morgan fingerprint density at radius 3 is 2.56 bits per heavy atom. The highest BCUT2D eigenvalue weighted by Crippen LogP contribution is 2.30. The van der Waals surface area contributed by atoms with Gasteiger partial charge in [0.25, 0.3) is 0 Å². The summed E-state index contributed by atoms with van der Waals surface area (Å²) in [6, 6.07) is 4.66. The molecule has 0 atom stereocenters. The Kier molecular flexibility index (Phi) is 2.90. The molecular formula is C11H10F3N3O. The van der Waals surface area contributed by atoms with Crippen LogP contribution in [0.3, 0.4) is 0 Å². The first-order valence-corrected chi connectivity index (χ1v) is 4.97. The van der Waals surface area contributed by atoms with Gasteiger partial charge >= 0.3 is 6.18 Å². The smallest absolute Gasteiger partial charge is 0.419 e. The van der Waals surface area contributed by atoms with Crippen molar-refractivity contribution in [2.75, 3.05) is 12.8 Å². The third kappa shape index (κ3) is 2.24. The minimum absolute atomic E-state index is 0.283. The monoisotopic (exact) mass is 257 g/mol. The molecule has 1 aromatic heterocycles. The van der Waals surface area contributed by atoms with Crippen LogP contribution in [0.2, 0.25) is 0 Å². The number of hydrogen-bond donors (Lipinski definition) is 1. The Morgan fingerprint density at radius 2 is 2.06 bits per heavy atom. The number of nitrogens with two attached hydrogens (primary N) is 1. The van der Waals surface area contributed by atoms with E-state index >= 15 is 0 Å². The minimum Gasteiger partial charge on any atom is -0.497 e. The number of ether oxygens (including phenoxy) is 1. The topological polar surface area (TPSA) is 53.1 Å². The number of alkyl halides is 3. The molecule has 0 amide bonds. The number of nitrogen functional groups attached to an aromatic ring is 1. The predicted molar refractivity (Wildman–Crippen MR) is 59.5 cm³/mol. The van der Waals surface area contributed by atoms with E-state index in [2.05, 4.69) is 5.10 Å². The number of aromatic nitrogens is 2. The summed E-state index contributed by atoms with van der Waals surface area (Å²) in [5, 5.41) is 3.65. The lowest BCUT2D eigenvalue weighted by Crippen LogP contribution is -2.04. The molecule has 0 fully saturated rings. The predicted octanol–water partition coefficient (Wildman–Crippen LogP) is 2.48. The Morgan fingerprint density at radius 1 is 1.33 bits per heavy atom. The molecule has 0 saturated heterocycles. The lowest BCUT2D eigenvalue weighted by molar-refractivity contribution is -0.137. The summed E-state index contributed by atoms with van der Waals surface area (Å²) in [6.45, 7) is 0. The van der Waals surface area contributed by atoms with E-state index in [1.165, 1.54) is 13.2 Å². The van der Waals surface area contributed by atoms with Crippen LogP contribution in [0, 0.1) is 0 Å². The van der Waals surface area contributed by atoms with E-state index in [9.17, 15) is 13.2 Å². The summed E-state index contributed by atoms with van der Waals surface area (Å²) < 4.78 is 43.3. The fourth-order valence-corrected chi connectivity index (χ4v) is 1.47. The van der Waals surface area contributed by atoms with Gasteiger partial charge in [-0.1, -0.05) is 0 Å². The molecule has 7 heteroatoms. The highest BCUT2D eigenvalue weighted by molar-refractivity contribution is 5.60. The molecule has 96 valence electrons. The number of benzene rings is 1. The Bertz CT molecular complexity index is 563. The molecule has 0 aliphatic carbocycles. The summed E-state index contributed by atoms with van der Waals surface area (Å²) in [6.07, 6.45) is -2.78. The molecule has 0 aliphatic heterocycles. The molecule has 1 aromatic carbocycles. The number of halogens is 3. The molecule has 0 unspecified atom stereocenters. The van der Waals surface area contributed by atoms with E-state index in [0.29, 0.717) is 11.4 Å². The van der Waals surface area contributed by atoms with Crippen LogP contribution < -0.4 is 10.5 Å². The maximum atomic E-state index is 12.4. The number of methoxy groups -OCH3 is 1. The first-order valence-electron chi connectivity index (χ1n) is 4.97. The van der Waals surface area contributed by atoms with Gasteiger partial charge in [0.05, 0.1) is 30.2 Å². The zero-order valence-corrected chi connectivity index (χ0v) is 9.40. The van der Waals surface area contributed by atoms with E-state index in [1.54, 1.807) is 12.1 Å². The van der Waals surface area contributed by atoms with Crippen molar-refractivity contribution in [1.29, 1.82) is 0 Å². The van der Waals surface area contributed by atoms with Crippen LogP contribution in [0.1, 0.15) is 5.56 Å². The molecule has 0 aliphatic rings. The Hall–Kier alpha value is -2.18. The molecule has 2 aromatic rings. The second-order valence-corrected chi connectivity index (χ2v) is 3.60. The van der Waals surface area contributed by atoms with E-state index in [4.69, 9.17) is 10.5 Å². The van der Waals surface area contributed by atoms with Crippen LogP contribution in [0.5, 0.6) is 5.75 Å². The zero-order valence-electron chi connectivity index (χ0n) is 9.40. The third-order valence-electron chi connectivity index (χ3n) is 2.39.